The van der Waals surface area contributed by atoms with Gasteiger partial charge in [-0.1, -0.05) is 20.8 Å². The molecular formula is C15H25BN2O2. The van der Waals surface area contributed by atoms with E-state index in [4.69, 9.17) is 15.0 Å². The van der Waals surface area contributed by atoms with E-state index in [1.807, 2.05) is 27.7 Å². The Bertz CT molecular complexity index is 505. The lowest BCUT2D eigenvalue weighted by molar-refractivity contribution is 0.00578. The van der Waals surface area contributed by atoms with E-state index in [1.54, 1.807) is 12.4 Å². The molecule has 5 heteroatoms. The lowest BCUT2D eigenvalue weighted by Gasteiger charge is -2.32. The van der Waals surface area contributed by atoms with Crippen molar-refractivity contribution in [3.63, 3.8) is 0 Å². The van der Waals surface area contributed by atoms with Crippen LogP contribution >= 0.6 is 0 Å². The Morgan fingerprint density at radius 2 is 1.55 bits per heavy atom. The molecule has 0 unspecified atom stereocenters. The van der Waals surface area contributed by atoms with E-state index in [1.165, 1.54) is 0 Å². The van der Waals surface area contributed by atoms with Crippen LogP contribution in [0.4, 0.5) is 5.69 Å². The molecule has 1 aromatic heterocycles. The number of rotatable bonds is 1. The van der Waals surface area contributed by atoms with Gasteiger partial charge in [0.2, 0.25) is 0 Å². The summed E-state index contributed by atoms with van der Waals surface area (Å²) in [7, 11) is -0.426. The first kappa shape index (κ1) is 15.3. The first-order valence-electron chi connectivity index (χ1n) is 7.05. The van der Waals surface area contributed by atoms with E-state index < -0.39 is 7.12 Å². The van der Waals surface area contributed by atoms with Gasteiger partial charge in [0, 0.05) is 17.9 Å². The topological polar surface area (TPSA) is 57.4 Å². The third kappa shape index (κ3) is 2.45. The molecule has 0 aromatic carbocycles. The smallest absolute Gasteiger partial charge is 0.399 e. The highest BCUT2D eigenvalue weighted by molar-refractivity contribution is 6.62. The van der Waals surface area contributed by atoms with Crippen molar-refractivity contribution in [3.8, 4) is 0 Å². The van der Waals surface area contributed by atoms with Crippen LogP contribution in [0.2, 0.25) is 0 Å². The molecule has 1 saturated heterocycles. The van der Waals surface area contributed by atoms with Gasteiger partial charge in [-0.3, -0.25) is 4.98 Å². The fourth-order valence-electron chi connectivity index (χ4n) is 2.51. The first-order valence-corrected chi connectivity index (χ1v) is 7.05. The second-order valence-corrected chi connectivity index (χ2v) is 7.53. The van der Waals surface area contributed by atoms with E-state index in [9.17, 15) is 0 Å². The highest BCUT2D eigenvalue weighted by Crippen LogP contribution is 2.37. The molecular weight excluding hydrogens is 251 g/mol. The largest absolute Gasteiger partial charge is 0.496 e. The van der Waals surface area contributed by atoms with Gasteiger partial charge in [0.25, 0.3) is 0 Å². The number of nitrogens with two attached hydrogens (primary N) is 1. The highest BCUT2D eigenvalue weighted by atomic mass is 16.7. The van der Waals surface area contributed by atoms with Crippen LogP contribution in [0, 0.1) is 0 Å². The Labute approximate surface area is 122 Å². The molecule has 1 aliphatic heterocycles. The average Bonchev–Trinajstić information content (AvgIpc) is 2.46. The normalized spacial score (nSPS) is 21.2. The van der Waals surface area contributed by atoms with Gasteiger partial charge >= 0.3 is 7.12 Å². The van der Waals surface area contributed by atoms with E-state index >= 15 is 0 Å². The summed E-state index contributed by atoms with van der Waals surface area (Å²) in [5.41, 5.74) is 7.98. The monoisotopic (exact) mass is 276 g/mol. The van der Waals surface area contributed by atoms with E-state index in [2.05, 4.69) is 25.8 Å². The number of aromatic nitrogens is 1. The van der Waals surface area contributed by atoms with Crippen molar-refractivity contribution in [2.45, 2.75) is 65.1 Å². The summed E-state index contributed by atoms with van der Waals surface area (Å²) in [6, 6.07) is 0. The Balaban J connectivity index is 2.49. The van der Waals surface area contributed by atoms with Gasteiger partial charge in [0.15, 0.2) is 0 Å². The second kappa shape index (κ2) is 4.47. The fourth-order valence-corrected chi connectivity index (χ4v) is 2.51. The predicted molar refractivity (Wildman–Crippen MR) is 83.1 cm³/mol. The standard InChI is InChI=1S/C15H25BN2O2/c1-13(2,3)12-10(8-18-9-11(12)17)16-19-14(4,5)15(6,7)20-16/h8-9H,17H2,1-7H3. The number of anilines is 1. The molecule has 1 aliphatic rings. The number of hydrogen-bond donors (Lipinski definition) is 1. The molecule has 0 bridgehead atoms. The summed E-state index contributed by atoms with van der Waals surface area (Å²) >= 11 is 0. The highest BCUT2D eigenvalue weighted by Gasteiger charge is 2.52. The second-order valence-electron chi connectivity index (χ2n) is 7.53. The molecule has 0 radical (unpaired) electrons. The van der Waals surface area contributed by atoms with E-state index in [0.717, 1.165) is 11.0 Å². The minimum absolute atomic E-state index is 0.0913. The van der Waals surface area contributed by atoms with Crippen molar-refractivity contribution in [2.24, 2.45) is 0 Å². The number of hydrogen-bond acceptors (Lipinski definition) is 4. The molecule has 0 spiro atoms. The maximum atomic E-state index is 6.14. The zero-order valence-corrected chi connectivity index (χ0v) is 13.6. The minimum Gasteiger partial charge on any atom is -0.399 e. The first-order chi connectivity index (χ1) is 8.96. The van der Waals surface area contributed by atoms with Gasteiger partial charge in [0.05, 0.1) is 16.9 Å². The number of nitrogens with zero attached hydrogens (tertiary/aromatic N) is 1. The minimum atomic E-state index is -0.426. The van der Waals surface area contributed by atoms with Crippen LogP contribution in [0.15, 0.2) is 12.4 Å². The molecule has 0 aliphatic carbocycles. The van der Waals surface area contributed by atoms with Gasteiger partial charge < -0.3 is 15.0 Å². The summed E-state index contributed by atoms with van der Waals surface area (Å²) in [5.74, 6) is 0. The molecule has 110 valence electrons. The third-order valence-corrected chi connectivity index (χ3v) is 4.26. The maximum absolute atomic E-state index is 6.14. The van der Waals surface area contributed by atoms with Crippen molar-refractivity contribution in [2.75, 3.05) is 5.73 Å². The third-order valence-electron chi connectivity index (χ3n) is 4.26. The van der Waals surface area contributed by atoms with Crippen LogP contribution in [-0.4, -0.2) is 23.3 Å². The number of nitrogen functional groups attached to an aromatic ring is 1. The fraction of sp³-hybridized carbons (Fsp3) is 0.667. The SMILES string of the molecule is CC(C)(C)c1c(N)cncc1B1OC(C)(C)C(C)(C)O1. The van der Waals surface area contributed by atoms with Crippen molar-refractivity contribution < 1.29 is 9.31 Å². The lowest BCUT2D eigenvalue weighted by Crippen LogP contribution is -2.41. The molecule has 0 saturated carbocycles. The van der Waals surface area contributed by atoms with E-state index in [0.29, 0.717) is 5.69 Å². The zero-order valence-electron chi connectivity index (χ0n) is 13.6. The molecule has 0 amide bonds. The molecule has 0 atom stereocenters. The molecule has 2 heterocycles. The summed E-state index contributed by atoms with van der Waals surface area (Å²) in [6.45, 7) is 14.6. The molecule has 20 heavy (non-hydrogen) atoms. The lowest BCUT2D eigenvalue weighted by atomic mass is 9.70. The van der Waals surface area contributed by atoms with Crippen molar-refractivity contribution in [3.05, 3.63) is 18.0 Å². The van der Waals surface area contributed by atoms with E-state index in [-0.39, 0.29) is 16.6 Å². The quantitative estimate of drug-likeness (QED) is 0.799. The van der Waals surface area contributed by atoms with Gasteiger partial charge in [-0.2, -0.15) is 0 Å². The van der Waals surface area contributed by atoms with Gasteiger partial charge in [0.1, 0.15) is 0 Å². The predicted octanol–water partition coefficient (Wildman–Crippen LogP) is 2.26. The van der Waals surface area contributed by atoms with Gasteiger partial charge in [-0.15, -0.1) is 0 Å². The summed E-state index contributed by atoms with van der Waals surface area (Å²) in [4.78, 5) is 4.21. The summed E-state index contributed by atoms with van der Waals surface area (Å²) in [5, 5.41) is 0. The zero-order chi connectivity index (χ0) is 15.3. The van der Waals surface area contributed by atoms with Crippen molar-refractivity contribution in [1.29, 1.82) is 0 Å². The molecule has 1 fully saturated rings. The Morgan fingerprint density at radius 3 is 2.00 bits per heavy atom. The van der Waals surface area contributed by atoms with Crippen LogP contribution in [-0.2, 0) is 14.7 Å². The van der Waals surface area contributed by atoms with Gasteiger partial charge in [-0.25, -0.2) is 0 Å². The van der Waals surface area contributed by atoms with Crippen LogP contribution < -0.4 is 11.2 Å². The summed E-state index contributed by atoms with van der Waals surface area (Å²) < 4.78 is 12.2. The van der Waals surface area contributed by atoms with Crippen LogP contribution in [0.1, 0.15) is 54.0 Å². The summed E-state index contributed by atoms with van der Waals surface area (Å²) in [6.07, 6.45) is 3.49. The Morgan fingerprint density at radius 1 is 1.05 bits per heavy atom. The van der Waals surface area contributed by atoms with Crippen molar-refractivity contribution >= 4 is 18.3 Å². The molecule has 1 aromatic rings. The molecule has 2 rings (SSSR count). The average molecular weight is 276 g/mol. The Kier molecular flexibility index (Phi) is 3.42. The number of pyridine rings is 1. The van der Waals surface area contributed by atoms with Crippen LogP contribution in [0.5, 0.6) is 0 Å². The van der Waals surface area contributed by atoms with Gasteiger partial charge in [-0.05, 0) is 38.7 Å². The maximum Gasteiger partial charge on any atom is 0.496 e. The molecule has 4 nitrogen and oxygen atoms in total. The Hall–Kier alpha value is -1.07. The van der Waals surface area contributed by atoms with Crippen LogP contribution in [0.3, 0.4) is 0 Å². The van der Waals surface area contributed by atoms with Crippen LogP contribution in [0.25, 0.3) is 0 Å². The molecule has 2 N–H and O–H groups in total. The van der Waals surface area contributed by atoms with Crippen molar-refractivity contribution in [1.82, 2.24) is 4.98 Å².